The topological polar surface area (TPSA) is 25.8 Å². The molecule has 0 aliphatic carbocycles. The van der Waals surface area contributed by atoms with Gasteiger partial charge in [-0.15, -0.1) is 0 Å². The minimum atomic E-state index is 0.951. The highest BCUT2D eigenvalue weighted by atomic mass is 14.8. The van der Waals surface area contributed by atoms with Crippen molar-refractivity contribution in [2.24, 2.45) is 0 Å². The zero-order chi connectivity index (χ0) is 10.8. The fraction of sp³-hybridized carbons (Fsp3) is 0.231. The summed E-state index contributed by atoms with van der Waals surface area (Å²) in [6.07, 6.45) is 5.24. The van der Waals surface area contributed by atoms with Crippen LogP contribution in [0.2, 0.25) is 0 Å². The van der Waals surface area contributed by atoms with E-state index in [1.54, 1.807) is 12.4 Å². The Labute approximate surface area is 90.0 Å². The first-order chi connectivity index (χ1) is 7.18. The molecule has 2 nitrogen and oxygen atoms in total. The fourth-order valence-electron chi connectivity index (χ4n) is 2.01. The smallest absolute Gasteiger partial charge is 0.0890 e. The van der Waals surface area contributed by atoms with E-state index < -0.39 is 0 Å². The van der Waals surface area contributed by atoms with Gasteiger partial charge in [0.15, 0.2) is 0 Å². The van der Waals surface area contributed by atoms with Gasteiger partial charge in [-0.3, -0.25) is 9.97 Å². The molecule has 0 radical (unpaired) electrons. The minimum absolute atomic E-state index is 0.951. The van der Waals surface area contributed by atoms with Crippen molar-refractivity contribution >= 4 is 0 Å². The second kappa shape index (κ2) is 3.81. The summed E-state index contributed by atoms with van der Waals surface area (Å²) in [5.74, 6) is 0. The summed E-state index contributed by atoms with van der Waals surface area (Å²) in [5.41, 5.74) is 5.96. The predicted molar refractivity (Wildman–Crippen MR) is 61.7 cm³/mol. The summed E-state index contributed by atoms with van der Waals surface area (Å²) in [7, 11) is 0. The predicted octanol–water partition coefficient (Wildman–Crippen LogP) is 3.07. The van der Waals surface area contributed by atoms with Gasteiger partial charge in [-0.1, -0.05) is 17.7 Å². The van der Waals surface area contributed by atoms with Crippen LogP contribution in [0.4, 0.5) is 0 Å². The largest absolute Gasteiger partial charge is 0.261 e. The van der Waals surface area contributed by atoms with Crippen LogP contribution in [0.5, 0.6) is 0 Å². The van der Waals surface area contributed by atoms with Crippen molar-refractivity contribution in [1.82, 2.24) is 9.97 Å². The van der Waals surface area contributed by atoms with Crippen molar-refractivity contribution < 1.29 is 0 Å². The summed E-state index contributed by atoms with van der Waals surface area (Å²) in [6, 6.07) is 4.36. The number of nitrogens with zero attached hydrogens (tertiary/aromatic N) is 2. The van der Waals surface area contributed by atoms with E-state index >= 15 is 0 Å². The van der Waals surface area contributed by atoms with E-state index in [1.165, 1.54) is 22.3 Å². The van der Waals surface area contributed by atoms with Gasteiger partial charge in [0.1, 0.15) is 0 Å². The van der Waals surface area contributed by atoms with Crippen LogP contribution in [-0.4, -0.2) is 9.97 Å². The zero-order valence-corrected chi connectivity index (χ0v) is 9.28. The number of aromatic nitrogens is 2. The molecular formula is C13H14N2. The quantitative estimate of drug-likeness (QED) is 0.703. The Bertz CT molecular complexity index is 452. The Balaban J connectivity index is 2.64. The van der Waals surface area contributed by atoms with Crippen LogP contribution in [0, 0.1) is 20.8 Å². The summed E-state index contributed by atoms with van der Waals surface area (Å²) < 4.78 is 0. The lowest BCUT2D eigenvalue weighted by molar-refractivity contribution is 1.19. The second-order valence-corrected chi connectivity index (χ2v) is 3.86. The van der Waals surface area contributed by atoms with Crippen molar-refractivity contribution in [3.05, 3.63) is 47.4 Å². The van der Waals surface area contributed by atoms with Crippen LogP contribution in [0.3, 0.4) is 0 Å². The number of hydrogen-bond donors (Lipinski definition) is 0. The average molecular weight is 198 g/mol. The standard InChI is InChI=1S/C13H14N2/c1-9-6-10(2)13(11(3)7-9)12-8-14-4-5-15-12/h4-8H,1-3H3. The van der Waals surface area contributed by atoms with E-state index in [0.29, 0.717) is 0 Å². The summed E-state index contributed by atoms with van der Waals surface area (Å²) >= 11 is 0. The average Bonchev–Trinajstić information content (AvgIpc) is 2.17. The Kier molecular flexibility index (Phi) is 2.50. The molecule has 0 aliphatic rings. The van der Waals surface area contributed by atoms with Crippen LogP contribution in [0.25, 0.3) is 11.3 Å². The lowest BCUT2D eigenvalue weighted by Crippen LogP contribution is -1.92. The van der Waals surface area contributed by atoms with E-state index in [2.05, 4.69) is 42.9 Å². The number of benzene rings is 1. The van der Waals surface area contributed by atoms with Gasteiger partial charge in [0, 0.05) is 18.0 Å². The lowest BCUT2D eigenvalue weighted by atomic mass is 9.98. The van der Waals surface area contributed by atoms with Crippen molar-refractivity contribution in [2.45, 2.75) is 20.8 Å². The van der Waals surface area contributed by atoms with Gasteiger partial charge >= 0.3 is 0 Å². The molecular weight excluding hydrogens is 184 g/mol. The molecule has 0 N–H and O–H groups in total. The monoisotopic (exact) mass is 198 g/mol. The first-order valence-corrected chi connectivity index (χ1v) is 5.02. The SMILES string of the molecule is Cc1cc(C)c(-c2cnccn2)c(C)c1. The maximum Gasteiger partial charge on any atom is 0.0890 e. The van der Waals surface area contributed by atoms with Crippen molar-refractivity contribution in [1.29, 1.82) is 0 Å². The highest BCUT2D eigenvalue weighted by Crippen LogP contribution is 2.25. The Morgan fingerprint density at radius 2 is 1.60 bits per heavy atom. The van der Waals surface area contributed by atoms with Gasteiger partial charge in [0.25, 0.3) is 0 Å². The Morgan fingerprint density at radius 1 is 0.933 bits per heavy atom. The normalized spacial score (nSPS) is 10.3. The maximum absolute atomic E-state index is 4.34. The van der Waals surface area contributed by atoms with Gasteiger partial charge < -0.3 is 0 Å². The number of rotatable bonds is 1. The lowest BCUT2D eigenvalue weighted by Gasteiger charge is -2.09. The molecule has 0 bridgehead atoms. The van der Waals surface area contributed by atoms with Crippen molar-refractivity contribution in [3.63, 3.8) is 0 Å². The molecule has 0 saturated carbocycles. The van der Waals surface area contributed by atoms with E-state index in [-0.39, 0.29) is 0 Å². The summed E-state index contributed by atoms with van der Waals surface area (Å²) in [6.45, 7) is 6.34. The molecule has 1 heterocycles. The molecule has 2 aromatic rings. The highest BCUT2D eigenvalue weighted by Gasteiger charge is 2.07. The van der Waals surface area contributed by atoms with Gasteiger partial charge in [-0.2, -0.15) is 0 Å². The van der Waals surface area contributed by atoms with E-state index in [0.717, 1.165) is 5.69 Å². The van der Waals surface area contributed by atoms with Gasteiger partial charge in [0.2, 0.25) is 0 Å². The Hall–Kier alpha value is -1.70. The molecule has 0 aliphatic heterocycles. The third kappa shape index (κ3) is 1.89. The first kappa shape index (κ1) is 9.84. The number of aryl methyl sites for hydroxylation is 3. The van der Waals surface area contributed by atoms with Crippen LogP contribution >= 0.6 is 0 Å². The van der Waals surface area contributed by atoms with E-state index in [4.69, 9.17) is 0 Å². The molecule has 76 valence electrons. The summed E-state index contributed by atoms with van der Waals surface area (Å²) in [4.78, 5) is 8.44. The Morgan fingerprint density at radius 3 is 2.13 bits per heavy atom. The zero-order valence-electron chi connectivity index (χ0n) is 9.28. The fourth-order valence-corrected chi connectivity index (χ4v) is 2.01. The first-order valence-electron chi connectivity index (χ1n) is 5.02. The molecule has 0 fully saturated rings. The molecule has 0 unspecified atom stereocenters. The minimum Gasteiger partial charge on any atom is -0.261 e. The second-order valence-electron chi connectivity index (χ2n) is 3.86. The molecule has 0 spiro atoms. The number of hydrogen-bond acceptors (Lipinski definition) is 2. The van der Waals surface area contributed by atoms with Gasteiger partial charge in [-0.05, 0) is 31.9 Å². The molecule has 1 aromatic carbocycles. The van der Waals surface area contributed by atoms with Crippen molar-refractivity contribution in [2.75, 3.05) is 0 Å². The molecule has 2 rings (SSSR count). The van der Waals surface area contributed by atoms with E-state index in [9.17, 15) is 0 Å². The molecule has 15 heavy (non-hydrogen) atoms. The van der Waals surface area contributed by atoms with E-state index in [1.807, 2.05) is 6.20 Å². The summed E-state index contributed by atoms with van der Waals surface area (Å²) in [5, 5.41) is 0. The van der Waals surface area contributed by atoms with Gasteiger partial charge in [-0.25, -0.2) is 0 Å². The van der Waals surface area contributed by atoms with Crippen molar-refractivity contribution in [3.8, 4) is 11.3 Å². The van der Waals surface area contributed by atoms with Gasteiger partial charge in [0.05, 0.1) is 11.9 Å². The molecule has 0 atom stereocenters. The van der Waals surface area contributed by atoms with Crippen LogP contribution in [0.1, 0.15) is 16.7 Å². The molecule has 0 saturated heterocycles. The third-order valence-electron chi connectivity index (χ3n) is 2.50. The van der Waals surface area contributed by atoms with Crippen LogP contribution in [-0.2, 0) is 0 Å². The van der Waals surface area contributed by atoms with Crippen LogP contribution in [0.15, 0.2) is 30.7 Å². The molecule has 1 aromatic heterocycles. The maximum atomic E-state index is 4.34. The third-order valence-corrected chi connectivity index (χ3v) is 2.50. The molecule has 2 heteroatoms. The van der Waals surface area contributed by atoms with Crippen LogP contribution < -0.4 is 0 Å². The molecule has 0 amide bonds. The highest BCUT2D eigenvalue weighted by molar-refractivity contribution is 5.67.